The molecule has 0 N–H and O–H groups in total. The SMILES string of the molecule is COc1ccc(N2CCN(C(=O)CC(c3ccccc3OC)c3cnc4c(C)cccn34)CC2)cc1. The van der Waals surface area contributed by atoms with Crippen molar-refractivity contribution in [3.8, 4) is 11.5 Å². The average molecular weight is 485 g/mol. The Morgan fingerprint density at radius 3 is 2.42 bits per heavy atom. The Labute approximate surface area is 211 Å². The molecule has 1 aliphatic rings. The number of imidazole rings is 1. The van der Waals surface area contributed by atoms with E-state index in [2.05, 4.69) is 39.4 Å². The molecule has 186 valence electrons. The average Bonchev–Trinajstić information content (AvgIpc) is 3.37. The summed E-state index contributed by atoms with van der Waals surface area (Å²) in [4.78, 5) is 22.6. The van der Waals surface area contributed by atoms with Crippen LogP contribution >= 0.6 is 0 Å². The molecule has 0 spiro atoms. The summed E-state index contributed by atoms with van der Waals surface area (Å²) in [5, 5.41) is 0. The summed E-state index contributed by atoms with van der Waals surface area (Å²) in [6.45, 7) is 5.03. The molecule has 4 aromatic rings. The van der Waals surface area contributed by atoms with Crippen LogP contribution in [0.4, 0.5) is 5.69 Å². The molecular formula is C29H32N4O3. The number of carbonyl (C=O) groups excluding carboxylic acids is 1. The Balaban J connectivity index is 1.37. The molecule has 2 aromatic carbocycles. The van der Waals surface area contributed by atoms with Gasteiger partial charge >= 0.3 is 0 Å². The number of aromatic nitrogens is 2. The van der Waals surface area contributed by atoms with Crippen LogP contribution in [0.5, 0.6) is 11.5 Å². The van der Waals surface area contributed by atoms with Crippen LogP contribution in [0.25, 0.3) is 5.65 Å². The molecule has 5 rings (SSSR count). The number of fused-ring (bicyclic) bond motifs is 1. The number of nitrogens with zero attached hydrogens (tertiary/aromatic N) is 4. The maximum Gasteiger partial charge on any atom is 0.223 e. The third-order valence-corrected chi connectivity index (χ3v) is 7.08. The predicted octanol–water partition coefficient (Wildman–Crippen LogP) is 4.53. The predicted molar refractivity (Wildman–Crippen MR) is 141 cm³/mol. The number of benzene rings is 2. The number of aryl methyl sites for hydroxylation is 1. The van der Waals surface area contributed by atoms with Gasteiger partial charge in [-0.15, -0.1) is 0 Å². The van der Waals surface area contributed by atoms with Crippen LogP contribution in [0.15, 0.2) is 73.1 Å². The minimum absolute atomic E-state index is 0.142. The van der Waals surface area contributed by atoms with Crippen LogP contribution in [0.1, 0.15) is 29.2 Å². The normalized spacial score (nSPS) is 14.6. The molecule has 1 amide bonds. The highest BCUT2D eigenvalue weighted by Crippen LogP contribution is 2.35. The smallest absolute Gasteiger partial charge is 0.223 e. The van der Waals surface area contributed by atoms with Gasteiger partial charge in [0.05, 0.1) is 19.9 Å². The van der Waals surface area contributed by atoms with E-state index in [0.717, 1.165) is 52.7 Å². The molecule has 0 radical (unpaired) electrons. The number of ether oxygens (including phenoxy) is 2. The number of carbonyl (C=O) groups is 1. The van der Waals surface area contributed by atoms with Crippen LogP contribution in [0, 0.1) is 6.92 Å². The van der Waals surface area contributed by atoms with E-state index in [1.165, 1.54) is 0 Å². The highest BCUT2D eigenvalue weighted by Gasteiger charge is 2.29. The third kappa shape index (κ3) is 4.61. The van der Waals surface area contributed by atoms with Crippen LogP contribution < -0.4 is 14.4 Å². The van der Waals surface area contributed by atoms with Gasteiger partial charge < -0.3 is 23.7 Å². The van der Waals surface area contributed by atoms with E-state index in [-0.39, 0.29) is 11.8 Å². The Morgan fingerprint density at radius 2 is 1.69 bits per heavy atom. The maximum atomic E-state index is 13.6. The zero-order chi connectivity index (χ0) is 25.1. The van der Waals surface area contributed by atoms with Crippen LogP contribution in [-0.2, 0) is 4.79 Å². The number of anilines is 1. The molecule has 7 heteroatoms. The maximum absolute atomic E-state index is 13.6. The van der Waals surface area contributed by atoms with Gasteiger partial charge in [0.15, 0.2) is 0 Å². The molecule has 7 nitrogen and oxygen atoms in total. The van der Waals surface area contributed by atoms with Crippen molar-refractivity contribution in [1.82, 2.24) is 14.3 Å². The van der Waals surface area contributed by atoms with Crippen molar-refractivity contribution in [2.45, 2.75) is 19.3 Å². The van der Waals surface area contributed by atoms with Gasteiger partial charge in [0.2, 0.25) is 5.91 Å². The van der Waals surface area contributed by atoms with Gasteiger partial charge in [-0.25, -0.2) is 4.98 Å². The molecule has 0 bridgehead atoms. The molecule has 1 saturated heterocycles. The fourth-order valence-corrected chi connectivity index (χ4v) is 5.07. The van der Waals surface area contributed by atoms with Gasteiger partial charge in [-0.3, -0.25) is 4.79 Å². The lowest BCUT2D eigenvalue weighted by Gasteiger charge is -2.36. The second-order valence-corrected chi connectivity index (χ2v) is 9.13. The number of methoxy groups -OCH3 is 2. The summed E-state index contributed by atoms with van der Waals surface area (Å²) >= 11 is 0. The van der Waals surface area contributed by atoms with E-state index < -0.39 is 0 Å². The quantitative estimate of drug-likeness (QED) is 0.386. The topological polar surface area (TPSA) is 59.3 Å². The number of para-hydroxylation sites is 1. The van der Waals surface area contributed by atoms with Crippen molar-refractivity contribution in [1.29, 1.82) is 0 Å². The Bertz CT molecular complexity index is 1340. The lowest BCUT2D eigenvalue weighted by molar-refractivity contribution is -0.131. The molecule has 1 unspecified atom stereocenters. The third-order valence-electron chi connectivity index (χ3n) is 7.08. The minimum Gasteiger partial charge on any atom is -0.497 e. The highest BCUT2D eigenvalue weighted by atomic mass is 16.5. The van der Waals surface area contributed by atoms with Crippen molar-refractivity contribution < 1.29 is 14.3 Å². The van der Waals surface area contributed by atoms with Gasteiger partial charge in [0.25, 0.3) is 0 Å². The summed E-state index contributed by atoms with van der Waals surface area (Å²) in [6, 6.07) is 20.1. The van der Waals surface area contributed by atoms with Crippen molar-refractivity contribution in [2.75, 3.05) is 45.3 Å². The number of pyridine rings is 1. The number of hydrogen-bond acceptors (Lipinski definition) is 5. The van der Waals surface area contributed by atoms with Crippen molar-refractivity contribution in [2.24, 2.45) is 0 Å². The lowest BCUT2D eigenvalue weighted by atomic mass is 9.91. The van der Waals surface area contributed by atoms with E-state index in [1.807, 2.05) is 59.8 Å². The largest absolute Gasteiger partial charge is 0.497 e. The second kappa shape index (κ2) is 10.3. The van der Waals surface area contributed by atoms with Gasteiger partial charge in [0, 0.05) is 62.2 Å². The molecule has 0 saturated carbocycles. The second-order valence-electron chi connectivity index (χ2n) is 9.13. The fourth-order valence-electron chi connectivity index (χ4n) is 5.07. The lowest BCUT2D eigenvalue weighted by Crippen LogP contribution is -2.49. The number of piperazine rings is 1. The number of amides is 1. The molecule has 2 aromatic heterocycles. The van der Waals surface area contributed by atoms with Crippen molar-refractivity contribution in [3.63, 3.8) is 0 Å². The molecule has 1 aliphatic heterocycles. The van der Waals surface area contributed by atoms with Gasteiger partial charge in [0.1, 0.15) is 17.1 Å². The Hall–Kier alpha value is -4.00. The fraction of sp³-hybridized carbons (Fsp3) is 0.310. The monoisotopic (exact) mass is 484 g/mol. The molecule has 3 heterocycles. The first-order valence-electron chi connectivity index (χ1n) is 12.3. The van der Waals surface area contributed by atoms with Crippen LogP contribution in [0.3, 0.4) is 0 Å². The summed E-state index contributed by atoms with van der Waals surface area (Å²) in [6.07, 6.45) is 4.27. The van der Waals surface area contributed by atoms with Crippen LogP contribution in [0.2, 0.25) is 0 Å². The zero-order valence-electron chi connectivity index (χ0n) is 21.1. The van der Waals surface area contributed by atoms with Gasteiger partial charge in [-0.05, 0) is 48.9 Å². The van der Waals surface area contributed by atoms with E-state index in [9.17, 15) is 4.79 Å². The van der Waals surface area contributed by atoms with Gasteiger partial charge in [-0.2, -0.15) is 0 Å². The standard InChI is InChI=1S/C29H32N4O3/c1-21-7-6-14-33-26(20-30-29(21)33)25(24-8-4-5-9-27(24)36-3)19-28(34)32-17-15-31(16-18-32)22-10-12-23(35-2)13-11-22/h4-14,20,25H,15-19H2,1-3H3. The molecule has 1 fully saturated rings. The van der Waals surface area contributed by atoms with E-state index in [4.69, 9.17) is 9.47 Å². The number of rotatable bonds is 7. The van der Waals surface area contributed by atoms with Crippen molar-refractivity contribution in [3.05, 3.63) is 89.9 Å². The summed E-state index contributed by atoms with van der Waals surface area (Å²) in [7, 11) is 3.35. The Morgan fingerprint density at radius 1 is 0.944 bits per heavy atom. The first-order chi connectivity index (χ1) is 17.6. The molecule has 1 atom stereocenters. The molecule has 0 aliphatic carbocycles. The molecule has 36 heavy (non-hydrogen) atoms. The first kappa shape index (κ1) is 23.7. The van der Waals surface area contributed by atoms with E-state index in [1.54, 1.807) is 14.2 Å². The molecular weight excluding hydrogens is 452 g/mol. The first-order valence-corrected chi connectivity index (χ1v) is 12.3. The number of hydrogen-bond donors (Lipinski definition) is 0. The van der Waals surface area contributed by atoms with E-state index in [0.29, 0.717) is 19.5 Å². The van der Waals surface area contributed by atoms with Crippen LogP contribution in [-0.4, -0.2) is 60.6 Å². The van der Waals surface area contributed by atoms with Crippen molar-refractivity contribution >= 4 is 17.2 Å². The minimum atomic E-state index is -0.176. The van der Waals surface area contributed by atoms with Gasteiger partial charge in [-0.1, -0.05) is 24.3 Å². The highest BCUT2D eigenvalue weighted by molar-refractivity contribution is 5.78. The zero-order valence-corrected chi connectivity index (χ0v) is 21.1. The Kier molecular flexibility index (Phi) is 6.80. The van der Waals surface area contributed by atoms with E-state index >= 15 is 0 Å². The summed E-state index contributed by atoms with van der Waals surface area (Å²) in [5.41, 5.74) is 5.14. The summed E-state index contributed by atoms with van der Waals surface area (Å²) in [5.74, 6) is 1.59. The summed E-state index contributed by atoms with van der Waals surface area (Å²) < 4.78 is 13.1.